The number of nitrogens with one attached hydrogen (secondary N) is 3. The molecule has 3 unspecified atom stereocenters. The van der Waals surface area contributed by atoms with E-state index in [1.807, 2.05) is 10.6 Å². The standard InChI is InChI=1S/C37H49FN10O20/c1-19(33(36(66)67)43-25(49)4-2-20(34(62)63)41-37(68)42-21(35(64)65)3-5-28(52)53)10-22(38)46(11-23-39-6-8-44(23)13-26(50)47(15-29(54)55)16-30(56)57)12-24-40-7-9-45(24)14-27(51)48(17-31(58)59)18-32(60)61/h6-9,19-22,33H,2-5,10-18H2,1H3,(H,43,49)(H,52,53)(H,54,55)(H,56,57)(H,58,59)(H,60,61)(H,62,63)(H,64,65)(H,66,67)(H2,41,42,68)/t19?,20-,21-,22?,33?/m0/s1. The molecule has 0 bridgehead atoms. The minimum Gasteiger partial charge on any atom is -0.481 e. The monoisotopic (exact) mass is 972 g/mol. The normalized spacial score (nSPS) is 13.2. The van der Waals surface area contributed by atoms with Crippen LogP contribution in [0, 0.1) is 5.92 Å². The van der Waals surface area contributed by atoms with E-state index >= 15 is 4.39 Å². The first-order chi connectivity index (χ1) is 31.8. The molecule has 0 spiro atoms. The Morgan fingerprint density at radius 2 is 0.985 bits per heavy atom. The van der Waals surface area contributed by atoms with Crippen LogP contribution in [0.4, 0.5) is 9.18 Å². The van der Waals surface area contributed by atoms with Gasteiger partial charge < -0.3 is 75.7 Å². The molecule has 5 amide bonds. The maximum absolute atomic E-state index is 16.7. The summed E-state index contributed by atoms with van der Waals surface area (Å²) in [5, 5.41) is 80.5. The molecule has 0 aromatic carbocycles. The van der Waals surface area contributed by atoms with E-state index in [0.717, 1.165) is 26.4 Å². The Morgan fingerprint density at radius 1 is 0.588 bits per heavy atom. The fourth-order valence-electron chi connectivity index (χ4n) is 6.20. The van der Waals surface area contributed by atoms with Gasteiger partial charge in [0.05, 0.1) is 13.1 Å². The van der Waals surface area contributed by atoms with E-state index in [1.165, 1.54) is 19.3 Å². The van der Waals surface area contributed by atoms with Gasteiger partial charge in [0.2, 0.25) is 17.7 Å². The minimum absolute atomic E-state index is 0.0976. The van der Waals surface area contributed by atoms with E-state index in [1.54, 1.807) is 0 Å². The molecule has 0 aliphatic carbocycles. The highest BCUT2D eigenvalue weighted by Gasteiger charge is 2.33. The van der Waals surface area contributed by atoms with Crippen LogP contribution in [0.1, 0.15) is 50.7 Å². The van der Waals surface area contributed by atoms with Gasteiger partial charge in [-0.3, -0.25) is 43.3 Å². The minimum atomic E-state index is -2.22. The maximum Gasteiger partial charge on any atom is 0.326 e. The Kier molecular flexibility index (Phi) is 21.9. The van der Waals surface area contributed by atoms with Gasteiger partial charge in [-0.05, 0) is 25.2 Å². The molecule has 0 aliphatic rings. The second-order valence-electron chi connectivity index (χ2n) is 14.8. The average Bonchev–Trinajstić information content (AvgIpc) is 3.86. The maximum atomic E-state index is 16.7. The molecule has 2 aromatic heterocycles. The number of carbonyl (C=O) groups excluding carboxylic acids is 4. The lowest BCUT2D eigenvalue weighted by atomic mass is 9.96. The number of rotatable bonds is 32. The van der Waals surface area contributed by atoms with Crippen molar-refractivity contribution in [2.24, 2.45) is 5.92 Å². The Bertz CT molecular complexity index is 2080. The van der Waals surface area contributed by atoms with Gasteiger partial charge in [0.15, 0.2) is 6.30 Å². The zero-order valence-corrected chi connectivity index (χ0v) is 35.9. The molecule has 5 atom stereocenters. The van der Waals surface area contributed by atoms with Gasteiger partial charge in [-0.2, -0.15) is 0 Å². The lowest BCUT2D eigenvalue weighted by Gasteiger charge is -2.30. The molecule has 0 fully saturated rings. The van der Waals surface area contributed by atoms with Gasteiger partial charge in [-0.1, -0.05) is 6.92 Å². The van der Waals surface area contributed by atoms with Gasteiger partial charge in [-0.15, -0.1) is 0 Å². The Labute approximate surface area is 381 Å². The van der Waals surface area contributed by atoms with E-state index in [4.69, 9.17) is 5.11 Å². The number of hydrogen-bond acceptors (Lipinski definition) is 15. The number of halogens is 1. The van der Waals surface area contributed by atoms with E-state index in [2.05, 4.69) is 15.3 Å². The average molecular weight is 973 g/mol. The van der Waals surface area contributed by atoms with E-state index < -0.39 is 186 Å². The molecular formula is C37H49FN10O20. The number of nitrogens with zero attached hydrogens (tertiary/aromatic N) is 7. The SMILES string of the molecule is CC(CC(F)N(Cc1nccn1CC(=O)N(CC(=O)O)CC(=O)O)Cc1nccn1CC(=O)N(CC(=O)O)CC(=O)O)C(NC(=O)CC[C@H](NC(=O)N[C@@H](CCC(=O)O)C(=O)O)C(=O)O)C(=O)O. The third kappa shape index (κ3) is 19.5. The third-order valence-corrected chi connectivity index (χ3v) is 9.54. The molecule has 11 N–H and O–H groups in total. The van der Waals surface area contributed by atoms with Gasteiger partial charge in [0, 0.05) is 37.6 Å². The molecule has 2 aromatic rings. The fraction of sp³-hybridized carbons (Fsp3) is 0.514. The fourth-order valence-corrected chi connectivity index (χ4v) is 6.20. The topological polar surface area (TPSA) is 448 Å². The molecule has 0 saturated heterocycles. The van der Waals surface area contributed by atoms with Gasteiger partial charge in [0.1, 0.15) is 69.0 Å². The highest BCUT2D eigenvalue weighted by molar-refractivity contribution is 5.88. The molecule has 31 heteroatoms. The summed E-state index contributed by atoms with van der Waals surface area (Å²) in [5.41, 5.74) is 0. The molecule has 0 aliphatic heterocycles. The lowest BCUT2D eigenvalue weighted by Crippen LogP contribution is -2.51. The molecule has 2 heterocycles. The first-order valence-corrected chi connectivity index (χ1v) is 19.8. The van der Waals surface area contributed by atoms with Crippen molar-refractivity contribution in [3.8, 4) is 0 Å². The van der Waals surface area contributed by atoms with Crippen LogP contribution in [0.3, 0.4) is 0 Å². The Morgan fingerprint density at radius 3 is 1.34 bits per heavy atom. The summed E-state index contributed by atoms with van der Waals surface area (Å²) in [6.07, 6.45) is -0.821. The van der Waals surface area contributed by atoms with Crippen molar-refractivity contribution < 1.29 is 103 Å². The van der Waals surface area contributed by atoms with Crippen LogP contribution in [0.2, 0.25) is 0 Å². The number of urea groups is 1. The summed E-state index contributed by atoms with van der Waals surface area (Å²) in [7, 11) is 0. The second kappa shape index (κ2) is 26.6. The zero-order chi connectivity index (χ0) is 51.4. The number of amides is 5. The molecule has 30 nitrogen and oxygen atoms in total. The lowest BCUT2D eigenvalue weighted by molar-refractivity contribution is -0.150. The summed E-state index contributed by atoms with van der Waals surface area (Å²) in [6.45, 7) is -5.29. The number of hydrogen-bond donors (Lipinski definition) is 11. The van der Waals surface area contributed by atoms with Crippen LogP contribution in [0.25, 0.3) is 0 Å². The van der Waals surface area contributed by atoms with Gasteiger partial charge in [0.25, 0.3) is 0 Å². The van der Waals surface area contributed by atoms with Crippen molar-refractivity contribution >= 4 is 71.5 Å². The molecule has 374 valence electrons. The van der Waals surface area contributed by atoms with Crippen LogP contribution >= 0.6 is 0 Å². The van der Waals surface area contributed by atoms with E-state index in [0.29, 0.717) is 9.80 Å². The van der Waals surface area contributed by atoms with Crippen LogP contribution < -0.4 is 16.0 Å². The molecule has 0 radical (unpaired) electrons. The highest BCUT2D eigenvalue weighted by Crippen LogP contribution is 2.22. The first kappa shape index (κ1) is 55.9. The third-order valence-electron chi connectivity index (χ3n) is 9.54. The smallest absolute Gasteiger partial charge is 0.326 e. The number of alkyl halides is 1. The zero-order valence-electron chi connectivity index (χ0n) is 35.9. The molecular weight excluding hydrogens is 923 g/mol. The Hall–Kier alpha value is -8.25. The van der Waals surface area contributed by atoms with Gasteiger partial charge in [-0.25, -0.2) is 33.5 Å². The predicted molar refractivity (Wildman–Crippen MR) is 216 cm³/mol. The number of carboxylic acids is 8. The van der Waals surface area contributed by atoms with Crippen LogP contribution in [0.15, 0.2) is 24.8 Å². The quantitative estimate of drug-likeness (QED) is 0.0322. The van der Waals surface area contributed by atoms with Crippen molar-refractivity contribution in [3.63, 3.8) is 0 Å². The summed E-state index contributed by atoms with van der Waals surface area (Å²) in [6, 6.07) is -6.78. The summed E-state index contributed by atoms with van der Waals surface area (Å²) in [4.78, 5) is 153. The largest absolute Gasteiger partial charge is 0.481 e. The van der Waals surface area contributed by atoms with Crippen LogP contribution in [0.5, 0.6) is 0 Å². The summed E-state index contributed by atoms with van der Waals surface area (Å²) in [5.74, 6) is -17.1. The number of carboxylic acid groups (broad SMARTS) is 8. The van der Waals surface area contributed by atoms with Crippen molar-refractivity contribution in [2.75, 3.05) is 26.2 Å². The van der Waals surface area contributed by atoms with Crippen molar-refractivity contribution in [3.05, 3.63) is 36.4 Å². The van der Waals surface area contributed by atoms with Crippen molar-refractivity contribution in [2.45, 2.75) is 89.6 Å². The number of aliphatic carboxylic acids is 8. The van der Waals surface area contributed by atoms with E-state index in [-0.39, 0.29) is 11.6 Å². The number of imidazole rings is 2. The first-order valence-electron chi connectivity index (χ1n) is 19.8. The summed E-state index contributed by atoms with van der Waals surface area (Å²) < 4.78 is 19.0. The number of aromatic nitrogens is 4. The van der Waals surface area contributed by atoms with Crippen molar-refractivity contribution in [1.29, 1.82) is 0 Å². The highest BCUT2D eigenvalue weighted by atomic mass is 19.1. The van der Waals surface area contributed by atoms with Crippen molar-refractivity contribution in [1.82, 2.24) is 49.8 Å². The molecule has 68 heavy (non-hydrogen) atoms. The summed E-state index contributed by atoms with van der Waals surface area (Å²) >= 11 is 0. The van der Waals surface area contributed by atoms with E-state index in [9.17, 15) is 93.3 Å². The molecule has 2 rings (SSSR count). The van der Waals surface area contributed by atoms with Crippen LogP contribution in [-0.2, 0) is 78.9 Å². The second-order valence-corrected chi connectivity index (χ2v) is 14.8. The van der Waals surface area contributed by atoms with Crippen LogP contribution in [-0.4, -0.2) is 197 Å². The van der Waals surface area contributed by atoms with Gasteiger partial charge >= 0.3 is 53.8 Å². The molecule has 0 saturated carbocycles. The number of carbonyl (C=O) groups is 12. The predicted octanol–water partition coefficient (Wildman–Crippen LogP) is -3.18. The Balaban J connectivity index is 2.38.